The lowest BCUT2D eigenvalue weighted by Gasteiger charge is -2.42. The van der Waals surface area contributed by atoms with Crippen LogP contribution in [0.4, 0.5) is 0 Å². The summed E-state index contributed by atoms with van der Waals surface area (Å²) >= 11 is 0. The smallest absolute Gasteiger partial charge is 0.202 e. The molecule has 11 nitrogen and oxygen atoms in total. The number of carbonyl (C=O) groups is 3. The third kappa shape index (κ3) is 3.73. The number of nitrogens with two attached hydrogens (primary N) is 1. The number of rotatable bonds is 3. The fourth-order valence-electron chi connectivity index (χ4n) is 5.50. The van der Waals surface area contributed by atoms with Crippen molar-refractivity contribution in [3.05, 3.63) is 51.6 Å². The van der Waals surface area contributed by atoms with Crippen molar-refractivity contribution in [2.75, 3.05) is 0 Å². The Kier molecular flexibility index (Phi) is 5.89. The lowest BCUT2D eigenvalue weighted by atomic mass is 9.72. The second-order valence-electron chi connectivity index (χ2n) is 9.95. The van der Waals surface area contributed by atoms with E-state index in [9.17, 15) is 39.9 Å². The molecule has 11 heteroatoms. The third-order valence-electron chi connectivity index (χ3n) is 7.59. The zero-order valence-corrected chi connectivity index (χ0v) is 20.1. The average molecular weight is 513 g/mol. The maximum Gasteiger partial charge on any atom is 0.202 e. The van der Waals surface area contributed by atoms with Crippen molar-refractivity contribution in [3.8, 4) is 17.2 Å². The molecule has 0 aromatic heterocycles. The number of aromatic hydroxyl groups is 3. The molecule has 6 atom stereocenters. The molecule has 2 aliphatic carbocycles. The van der Waals surface area contributed by atoms with Gasteiger partial charge in [0.25, 0.3) is 0 Å². The Bertz CT molecular complexity index is 1340. The second-order valence-corrected chi connectivity index (χ2v) is 9.95. The predicted octanol–water partition coefficient (Wildman–Crippen LogP) is 0.726. The number of carbonyl (C=O) groups excluding carboxylic acids is 3. The number of ether oxygens (including phenoxy) is 2. The molecule has 2 aromatic carbocycles. The number of benzene rings is 2. The summed E-state index contributed by atoms with van der Waals surface area (Å²) in [5, 5.41) is 54.1. The summed E-state index contributed by atoms with van der Waals surface area (Å²) in [5.74, 6) is -4.13. The Morgan fingerprint density at radius 2 is 1.78 bits per heavy atom. The molecule has 3 aliphatic rings. The number of hydrogen-bond donors (Lipinski definition) is 6. The van der Waals surface area contributed by atoms with Gasteiger partial charge in [-0.05, 0) is 19.9 Å². The van der Waals surface area contributed by atoms with Crippen molar-refractivity contribution < 1.29 is 49.4 Å². The molecule has 0 bridgehead atoms. The number of phenols is 3. The molecule has 37 heavy (non-hydrogen) atoms. The van der Waals surface area contributed by atoms with E-state index in [2.05, 4.69) is 0 Å². The van der Waals surface area contributed by atoms with E-state index in [-0.39, 0.29) is 35.1 Å². The van der Waals surface area contributed by atoms with Gasteiger partial charge < -0.3 is 40.7 Å². The van der Waals surface area contributed by atoms with E-state index in [0.29, 0.717) is 0 Å². The molecule has 0 amide bonds. The van der Waals surface area contributed by atoms with E-state index in [1.807, 2.05) is 0 Å². The van der Waals surface area contributed by atoms with Crippen molar-refractivity contribution >= 4 is 17.3 Å². The van der Waals surface area contributed by atoms with Crippen LogP contribution in [-0.4, -0.2) is 73.0 Å². The number of aliphatic hydroxyl groups is 2. The summed E-state index contributed by atoms with van der Waals surface area (Å²) in [7, 11) is 0. The normalized spacial score (nSPS) is 30.9. The van der Waals surface area contributed by atoms with E-state index in [1.54, 1.807) is 6.92 Å². The first kappa shape index (κ1) is 25.3. The quantitative estimate of drug-likeness (QED) is 0.270. The van der Waals surface area contributed by atoms with Crippen LogP contribution in [0.15, 0.2) is 18.2 Å². The second kappa shape index (κ2) is 8.61. The maximum absolute atomic E-state index is 13.4. The van der Waals surface area contributed by atoms with E-state index >= 15 is 0 Å². The summed E-state index contributed by atoms with van der Waals surface area (Å²) in [5.41, 5.74) is 2.29. The van der Waals surface area contributed by atoms with Crippen molar-refractivity contribution in [2.24, 2.45) is 5.73 Å². The first-order valence-corrected chi connectivity index (χ1v) is 11.9. The van der Waals surface area contributed by atoms with Crippen LogP contribution >= 0.6 is 0 Å². The van der Waals surface area contributed by atoms with Gasteiger partial charge in [-0.15, -0.1) is 0 Å². The predicted molar refractivity (Wildman–Crippen MR) is 125 cm³/mol. The number of fused-ring (bicyclic) bond motifs is 3. The molecular weight excluding hydrogens is 486 g/mol. The lowest BCUT2D eigenvalue weighted by molar-refractivity contribution is -0.247. The molecule has 1 saturated heterocycles. The molecule has 196 valence electrons. The van der Waals surface area contributed by atoms with Gasteiger partial charge in [0.1, 0.15) is 22.8 Å². The molecule has 0 radical (unpaired) electrons. The van der Waals surface area contributed by atoms with Gasteiger partial charge in [-0.1, -0.05) is 12.1 Å². The molecule has 1 aliphatic heterocycles. The van der Waals surface area contributed by atoms with Crippen molar-refractivity contribution in [1.82, 2.24) is 0 Å². The van der Waals surface area contributed by atoms with Gasteiger partial charge in [0.15, 0.2) is 17.9 Å². The summed E-state index contributed by atoms with van der Waals surface area (Å²) in [6, 6.07) is 3.20. The number of ketones is 3. The Hall–Kier alpha value is -3.35. The van der Waals surface area contributed by atoms with Gasteiger partial charge in [0.05, 0.1) is 35.0 Å². The van der Waals surface area contributed by atoms with Crippen molar-refractivity contribution in [2.45, 2.75) is 69.4 Å². The maximum atomic E-state index is 13.4. The highest BCUT2D eigenvalue weighted by atomic mass is 16.7. The topological polar surface area (TPSA) is 197 Å². The van der Waals surface area contributed by atoms with E-state index in [0.717, 1.165) is 6.92 Å². The number of phenolic OH excluding ortho intramolecular Hbond substituents is 3. The molecule has 2 aromatic rings. The SMILES string of the molecule is CC(=O)[C@]1(O)Cc2c(O)c3c(c(O)c2[C@H](O[C@H]2C[C@@H](N)[C@@H](O)[C@@H](C)O2)C1)C(=O)c1c(O)cccc1C3=O. The molecule has 0 spiro atoms. The van der Waals surface area contributed by atoms with Crippen LogP contribution in [0.2, 0.25) is 0 Å². The number of hydrogen-bond acceptors (Lipinski definition) is 11. The van der Waals surface area contributed by atoms with Crippen LogP contribution in [0.1, 0.15) is 75.8 Å². The van der Waals surface area contributed by atoms with Crippen LogP contribution in [-0.2, 0) is 20.7 Å². The summed E-state index contributed by atoms with van der Waals surface area (Å²) < 4.78 is 11.7. The fourth-order valence-corrected chi connectivity index (χ4v) is 5.50. The van der Waals surface area contributed by atoms with Crippen LogP contribution < -0.4 is 5.73 Å². The van der Waals surface area contributed by atoms with Crippen LogP contribution in [0.25, 0.3) is 0 Å². The summed E-state index contributed by atoms with van der Waals surface area (Å²) in [6.07, 6.45) is -4.68. The molecular formula is C26H27NO10. The monoisotopic (exact) mass is 513 g/mol. The van der Waals surface area contributed by atoms with Gasteiger partial charge >= 0.3 is 0 Å². The molecule has 5 rings (SSSR count). The molecule has 0 unspecified atom stereocenters. The standard InChI is InChI=1S/C26H27NO10/c1-9-21(30)13(27)6-16(36-9)37-15-8-26(35,10(2)28)7-12-18(15)25(34)20-19(23(12)32)22(31)11-4-3-5-14(29)17(11)24(20)33/h3-5,9,13,15-16,21,29-30,32,34-35H,6-8,27H2,1-2H3/t9-,13-,15-,16+,21+,26+/m1/s1. The van der Waals surface area contributed by atoms with Gasteiger partial charge in [-0.25, -0.2) is 0 Å². The molecule has 1 heterocycles. The van der Waals surface area contributed by atoms with Gasteiger partial charge in [-0.2, -0.15) is 0 Å². The minimum Gasteiger partial charge on any atom is -0.507 e. The Morgan fingerprint density at radius 1 is 1.11 bits per heavy atom. The van der Waals surface area contributed by atoms with Gasteiger partial charge in [-0.3, -0.25) is 14.4 Å². The number of Topliss-reactive ketones (excluding diaryl/α,β-unsaturated/α-hetero) is 1. The Morgan fingerprint density at radius 3 is 2.43 bits per heavy atom. The summed E-state index contributed by atoms with van der Waals surface area (Å²) in [6.45, 7) is 2.76. The molecule has 1 fully saturated rings. The van der Waals surface area contributed by atoms with Crippen molar-refractivity contribution in [1.29, 1.82) is 0 Å². The fraction of sp³-hybridized carbons (Fsp3) is 0.423. The Balaban J connectivity index is 1.68. The van der Waals surface area contributed by atoms with Crippen LogP contribution in [0.3, 0.4) is 0 Å². The highest BCUT2D eigenvalue weighted by Crippen LogP contribution is 2.52. The van der Waals surface area contributed by atoms with E-state index in [1.165, 1.54) is 18.2 Å². The highest BCUT2D eigenvalue weighted by Gasteiger charge is 2.49. The zero-order valence-electron chi connectivity index (χ0n) is 20.1. The van der Waals surface area contributed by atoms with E-state index < -0.39 is 88.4 Å². The van der Waals surface area contributed by atoms with Gasteiger partial charge in [0.2, 0.25) is 5.78 Å². The first-order chi connectivity index (χ1) is 17.4. The minimum atomic E-state index is -2.02. The summed E-state index contributed by atoms with van der Waals surface area (Å²) in [4.78, 5) is 39.1. The molecule has 7 N–H and O–H groups in total. The average Bonchev–Trinajstić information content (AvgIpc) is 2.82. The molecule has 0 saturated carbocycles. The van der Waals surface area contributed by atoms with Crippen LogP contribution in [0.5, 0.6) is 17.2 Å². The number of aliphatic hydroxyl groups excluding tert-OH is 1. The minimum absolute atomic E-state index is 0.0478. The largest absolute Gasteiger partial charge is 0.507 e. The first-order valence-electron chi connectivity index (χ1n) is 11.9. The Labute approximate surface area is 211 Å². The lowest BCUT2D eigenvalue weighted by Crippen LogP contribution is -2.52. The van der Waals surface area contributed by atoms with Crippen LogP contribution in [0, 0.1) is 0 Å². The zero-order chi connectivity index (χ0) is 27.0. The highest BCUT2D eigenvalue weighted by molar-refractivity contribution is 6.31. The van der Waals surface area contributed by atoms with Gasteiger partial charge in [0, 0.05) is 42.0 Å². The third-order valence-corrected chi connectivity index (χ3v) is 7.59. The van der Waals surface area contributed by atoms with Crippen molar-refractivity contribution in [3.63, 3.8) is 0 Å². The van der Waals surface area contributed by atoms with E-state index in [4.69, 9.17) is 15.2 Å².